The van der Waals surface area contributed by atoms with E-state index in [9.17, 15) is 4.79 Å². The maximum Gasteiger partial charge on any atom is 0.246 e. The average molecular weight is 409 g/mol. The molecule has 2 aliphatic heterocycles. The van der Waals surface area contributed by atoms with Crippen molar-refractivity contribution < 1.29 is 4.79 Å². The monoisotopic (exact) mass is 408 g/mol. The van der Waals surface area contributed by atoms with Crippen LogP contribution in [0, 0.1) is 0 Å². The van der Waals surface area contributed by atoms with Crippen LogP contribution >= 0.6 is 0 Å². The van der Waals surface area contributed by atoms with Crippen LogP contribution in [0.1, 0.15) is 26.7 Å². The Hall–Kier alpha value is -3.49. The number of H-pyrrole nitrogens is 1. The summed E-state index contributed by atoms with van der Waals surface area (Å²) in [5, 5.41) is 16.5. The SMILES string of the molecule is C=CC(=O)N1C[C@H](NC2=c3cc[nH]c3=CN=C(Nc3cnn(CC)c3)N2)CC[C@@H]1C. The van der Waals surface area contributed by atoms with Crippen LogP contribution in [-0.4, -0.2) is 50.2 Å². The quantitative estimate of drug-likeness (QED) is 0.532. The predicted octanol–water partition coefficient (Wildman–Crippen LogP) is 0.261. The maximum absolute atomic E-state index is 12.2. The molecule has 1 saturated heterocycles. The molecule has 2 aliphatic rings. The second-order valence-electron chi connectivity index (χ2n) is 7.58. The van der Waals surface area contributed by atoms with E-state index in [1.54, 1.807) is 12.4 Å². The van der Waals surface area contributed by atoms with E-state index in [4.69, 9.17) is 0 Å². The van der Waals surface area contributed by atoms with Gasteiger partial charge in [-0.3, -0.25) is 9.48 Å². The number of anilines is 1. The second kappa shape index (κ2) is 8.48. The van der Waals surface area contributed by atoms with Gasteiger partial charge in [0.25, 0.3) is 0 Å². The van der Waals surface area contributed by atoms with E-state index in [2.05, 4.69) is 44.5 Å². The molecule has 0 aliphatic carbocycles. The van der Waals surface area contributed by atoms with Gasteiger partial charge in [0, 0.05) is 42.8 Å². The summed E-state index contributed by atoms with van der Waals surface area (Å²) >= 11 is 0. The van der Waals surface area contributed by atoms with Gasteiger partial charge in [-0.25, -0.2) is 4.99 Å². The zero-order chi connectivity index (χ0) is 21.1. The molecule has 4 N–H and O–H groups in total. The highest BCUT2D eigenvalue weighted by molar-refractivity contribution is 5.98. The summed E-state index contributed by atoms with van der Waals surface area (Å²) in [6.45, 7) is 9.19. The first-order chi connectivity index (χ1) is 14.6. The molecule has 1 amide bonds. The highest BCUT2D eigenvalue weighted by Gasteiger charge is 2.28. The van der Waals surface area contributed by atoms with Crippen molar-refractivity contribution in [3.63, 3.8) is 0 Å². The van der Waals surface area contributed by atoms with Crippen LogP contribution in [0.2, 0.25) is 0 Å². The van der Waals surface area contributed by atoms with E-state index >= 15 is 0 Å². The van der Waals surface area contributed by atoms with Crippen molar-refractivity contribution in [2.75, 3.05) is 11.9 Å². The third kappa shape index (κ3) is 4.10. The molecular weight excluding hydrogens is 380 g/mol. The first-order valence-corrected chi connectivity index (χ1v) is 10.3. The van der Waals surface area contributed by atoms with Gasteiger partial charge in [0.1, 0.15) is 5.82 Å². The zero-order valence-electron chi connectivity index (χ0n) is 17.4. The summed E-state index contributed by atoms with van der Waals surface area (Å²) in [6.07, 6.45) is 10.7. The predicted molar refractivity (Wildman–Crippen MR) is 118 cm³/mol. The van der Waals surface area contributed by atoms with E-state index in [-0.39, 0.29) is 18.0 Å². The van der Waals surface area contributed by atoms with Crippen LogP contribution in [0.25, 0.3) is 12.0 Å². The Morgan fingerprint density at radius 2 is 2.30 bits per heavy atom. The number of carbonyl (C=O) groups is 1. The lowest BCUT2D eigenvalue weighted by Gasteiger charge is -2.38. The molecule has 9 nitrogen and oxygen atoms in total. The summed E-state index contributed by atoms with van der Waals surface area (Å²) in [7, 11) is 0. The molecule has 0 spiro atoms. The van der Waals surface area contributed by atoms with Crippen molar-refractivity contribution >= 4 is 29.6 Å². The number of fused-ring (bicyclic) bond motifs is 1. The van der Waals surface area contributed by atoms with E-state index < -0.39 is 0 Å². The van der Waals surface area contributed by atoms with Gasteiger partial charge in [-0.05, 0) is 38.8 Å². The largest absolute Gasteiger partial charge is 0.366 e. The highest BCUT2D eigenvalue weighted by atomic mass is 16.2. The zero-order valence-corrected chi connectivity index (χ0v) is 17.4. The molecule has 2 aromatic rings. The topological polar surface area (TPSA) is 102 Å². The lowest BCUT2D eigenvalue weighted by Crippen LogP contribution is -2.53. The number of aryl methyl sites for hydroxylation is 1. The number of amides is 1. The molecule has 2 aromatic heterocycles. The van der Waals surface area contributed by atoms with Gasteiger partial charge >= 0.3 is 0 Å². The van der Waals surface area contributed by atoms with Crippen LogP contribution in [0.4, 0.5) is 5.69 Å². The Labute approximate surface area is 175 Å². The van der Waals surface area contributed by atoms with Crippen molar-refractivity contribution in [3.05, 3.63) is 47.9 Å². The minimum atomic E-state index is -0.0275. The first-order valence-electron chi connectivity index (χ1n) is 10.3. The first kappa shape index (κ1) is 19.8. The molecule has 0 bridgehead atoms. The molecule has 0 radical (unpaired) electrons. The molecule has 0 aromatic carbocycles. The van der Waals surface area contributed by atoms with Gasteiger partial charge < -0.3 is 25.8 Å². The number of guanidine groups is 1. The fourth-order valence-corrected chi connectivity index (χ4v) is 3.82. The maximum atomic E-state index is 12.2. The summed E-state index contributed by atoms with van der Waals surface area (Å²) in [4.78, 5) is 21.9. The summed E-state index contributed by atoms with van der Waals surface area (Å²) in [5.74, 6) is 1.42. The van der Waals surface area contributed by atoms with Gasteiger partial charge in [-0.15, -0.1) is 0 Å². The Morgan fingerprint density at radius 3 is 3.07 bits per heavy atom. The average Bonchev–Trinajstić information content (AvgIpc) is 3.38. The van der Waals surface area contributed by atoms with E-state index in [0.717, 1.165) is 41.5 Å². The number of hydrogen-bond donors (Lipinski definition) is 4. The smallest absolute Gasteiger partial charge is 0.246 e. The molecule has 2 atom stereocenters. The van der Waals surface area contributed by atoms with E-state index in [1.165, 1.54) is 6.08 Å². The third-order valence-electron chi connectivity index (χ3n) is 5.52. The van der Waals surface area contributed by atoms with Gasteiger partial charge in [0.2, 0.25) is 11.9 Å². The number of rotatable bonds is 5. The molecule has 1 fully saturated rings. The lowest BCUT2D eigenvalue weighted by atomic mass is 9.99. The Kier molecular flexibility index (Phi) is 5.60. The van der Waals surface area contributed by atoms with Crippen molar-refractivity contribution in [3.8, 4) is 0 Å². The molecule has 0 unspecified atom stereocenters. The Bertz CT molecular complexity index is 1080. The number of nitrogens with one attached hydrogen (secondary N) is 4. The van der Waals surface area contributed by atoms with Gasteiger partial charge in [-0.1, -0.05) is 6.58 Å². The summed E-state index contributed by atoms with van der Waals surface area (Å²) in [6, 6.07) is 2.34. The minimum Gasteiger partial charge on any atom is -0.366 e. The molecular formula is C21H28N8O. The fourth-order valence-electron chi connectivity index (χ4n) is 3.82. The molecule has 4 heterocycles. The second-order valence-corrected chi connectivity index (χ2v) is 7.58. The van der Waals surface area contributed by atoms with Crippen molar-refractivity contribution in [1.29, 1.82) is 0 Å². The van der Waals surface area contributed by atoms with Gasteiger partial charge in [0.15, 0.2) is 0 Å². The van der Waals surface area contributed by atoms with Crippen molar-refractivity contribution in [1.82, 2.24) is 30.3 Å². The number of hydrogen-bond acceptors (Lipinski definition) is 6. The summed E-state index contributed by atoms with van der Waals surface area (Å²) in [5.41, 5.74) is 0.857. The number of nitrogens with zero attached hydrogens (tertiary/aromatic N) is 4. The van der Waals surface area contributed by atoms with Crippen LogP contribution in [0.15, 0.2) is 42.3 Å². The molecule has 4 rings (SSSR count). The van der Waals surface area contributed by atoms with Gasteiger partial charge in [-0.2, -0.15) is 5.10 Å². The van der Waals surface area contributed by atoms with Crippen LogP contribution < -0.4 is 26.5 Å². The highest BCUT2D eigenvalue weighted by Crippen LogP contribution is 2.18. The van der Waals surface area contributed by atoms with E-state index in [0.29, 0.717) is 12.5 Å². The van der Waals surface area contributed by atoms with Crippen LogP contribution in [0.5, 0.6) is 0 Å². The normalized spacial score (nSPS) is 20.9. The number of carbonyl (C=O) groups excluding carboxylic acids is 1. The fraction of sp³-hybridized carbons (Fsp3) is 0.381. The third-order valence-corrected chi connectivity index (χ3v) is 5.52. The molecule has 0 saturated carbocycles. The standard InChI is InChI=1S/C21H28N8O/c1-4-19(30)29-13-15(7-6-14(29)3)25-20-17-8-9-22-18(17)11-23-21(27-20)26-16-10-24-28(5-2)12-16/h4,8-12,14-15,22,25H,1,5-7,13H2,2-3H3,(H2,23,26,27)/t14-,15+/m0/s1. The number of aliphatic imine (C=N–C) groups is 1. The van der Waals surface area contributed by atoms with Crippen molar-refractivity contribution in [2.45, 2.75) is 45.3 Å². The minimum absolute atomic E-state index is 0.0275. The number of aromatic amines is 1. The molecule has 9 heteroatoms. The van der Waals surface area contributed by atoms with E-state index in [1.807, 2.05) is 35.0 Å². The van der Waals surface area contributed by atoms with Crippen molar-refractivity contribution in [2.24, 2.45) is 4.99 Å². The molecule has 30 heavy (non-hydrogen) atoms. The Morgan fingerprint density at radius 1 is 1.43 bits per heavy atom. The lowest BCUT2D eigenvalue weighted by molar-refractivity contribution is -0.129. The van der Waals surface area contributed by atoms with Gasteiger partial charge in [0.05, 0.1) is 23.4 Å². The van der Waals surface area contributed by atoms with Crippen LogP contribution in [0.3, 0.4) is 0 Å². The number of piperidine rings is 1. The van der Waals surface area contributed by atoms with Crippen LogP contribution in [-0.2, 0) is 11.3 Å². The summed E-state index contributed by atoms with van der Waals surface area (Å²) < 4.78 is 1.85. The number of aromatic nitrogens is 3. The number of likely N-dealkylation sites (tertiary alicyclic amines) is 1. The molecule has 158 valence electrons. The Balaban J connectivity index is 1.55.